The zero-order valence-corrected chi connectivity index (χ0v) is 15.2. The quantitative estimate of drug-likeness (QED) is 0.697. The predicted molar refractivity (Wildman–Crippen MR) is 101 cm³/mol. The Bertz CT molecular complexity index is 897. The van der Waals surface area contributed by atoms with Crippen molar-refractivity contribution in [1.29, 1.82) is 0 Å². The van der Waals surface area contributed by atoms with E-state index < -0.39 is 5.91 Å². The van der Waals surface area contributed by atoms with Gasteiger partial charge in [-0.3, -0.25) is 9.59 Å². The minimum Gasteiger partial charge on any atom is -0.366 e. The second kappa shape index (κ2) is 7.58. The van der Waals surface area contributed by atoms with Crippen LogP contribution in [0.3, 0.4) is 0 Å². The molecular weight excluding hydrogens is 354 g/mol. The number of carbonyl (C=O) groups is 2. The molecule has 3 N–H and O–H groups in total. The van der Waals surface area contributed by atoms with Gasteiger partial charge in [0.2, 0.25) is 5.91 Å². The van der Waals surface area contributed by atoms with Crippen molar-refractivity contribution >= 4 is 34.5 Å². The Morgan fingerprint density at radius 2 is 1.84 bits per heavy atom. The van der Waals surface area contributed by atoms with Gasteiger partial charge in [-0.15, -0.1) is 22.7 Å². The van der Waals surface area contributed by atoms with Gasteiger partial charge in [-0.05, 0) is 49.7 Å². The van der Waals surface area contributed by atoms with Crippen molar-refractivity contribution in [2.24, 2.45) is 5.73 Å². The summed E-state index contributed by atoms with van der Waals surface area (Å²) in [6.07, 6.45) is 0.763. The van der Waals surface area contributed by atoms with E-state index in [1.807, 2.05) is 6.92 Å². The lowest BCUT2D eigenvalue weighted by Crippen LogP contribution is -2.25. The van der Waals surface area contributed by atoms with Crippen LogP contribution in [0.1, 0.15) is 30.6 Å². The summed E-state index contributed by atoms with van der Waals surface area (Å²) in [5.74, 6) is -0.668. The van der Waals surface area contributed by atoms with Crippen LogP contribution >= 0.6 is 22.7 Å². The highest BCUT2D eigenvalue weighted by Crippen LogP contribution is 2.29. The van der Waals surface area contributed by atoms with Crippen molar-refractivity contribution in [2.45, 2.75) is 13.3 Å². The van der Waals surface area contributed by atoms with Crippen molar-refractivity contribution in [3.63, 3.8) is 0 Å². The van der Waals surface area contributed by atoms with E-state index >= 15 is 0 Å². The molecular formula is C18H17N3O2S2. The van der Waals surface area contributed by atoms with Gasteiger partial charge in [0.15, 0.2) is 0 Å². The fourth-order valence-corrected chi connectivity index (χ4v) is 3.97. The van der Waals surface area contributed by atoms with E-state index in [1.54, 1.807) is 46.9 Å². The summed E-state index contributed by atoms with van der Waals surface area (Å²) < 4.78 is 0. The van der Waals surface area contributed by atoms with E-state index in [4.69, 9.17) is 5.73 Å². The van der Waals surface area contributed by atoms with Gasteiger partial charge in [0.25, 0.3) is 5.91 Å². The predicted octanol–water partition coefficient (Wildman–Crippen LogP) is 3.25. The third-order valence-corrected chi connectivity index (χ3v) is 5.56. The van der Waals surface area contributed by atoms with Crippen LogP contribution < -0.4 is 11.1 Å². The maximum absolute atomic E-state index is 12.1. The molecule has 0 aliphatic rings. The first-order valence-electron chi connectivity index (χ1n) is 7.72. The summed E-state index contributed by atoms with van der Waals surface area (Å²) in [5, 5.41) is 6.00. The molecule has 0 aliphatic heterocycles. The summed E-state index contributed by atoms with van der Waals surface area (Å²) in [6.45, 7) is 2.54. The molecule has 0 aliphatic carbocycles. The molecule has 0 saturated carbocycles. The van der Waals surface area contributed by atoms with Crippen LogP contribution in [0.15, 0.2) is 41.8 Å². The summed E-state index contributed by atoms with van der Waals surface area (Å²) in [5.41, 5.74) is 7.10. The number of thiazole rings is 1. The lowest BCUT2D eigenvalue weighted by molar-refractivity contribution is 0.0951. The van der Waals surface area contributed by atoms with Crippen LogP contribution in [0.2, 0.25) is 0 Å². The number of carbonyl (C=O) groups excluding carboxylic acids is 2. The number of thiophene rings is 1. The van der Waals surface area contributed by atoms with Gasteiger partial charge >= 0.3 is 0 Å². The van der Waals surface area contributed by atoms with E-state index in [0.717, 1.165) is 22.0 Å². The third-order valence-electron chi connectivity index (χ3n) is 3.62. The molecule has 0 bridgehead atoms. The van der Waals surface area contributed by atoms with Crippen molar-refractivity contribution in [2.75, 3.05) is 6.54 Å². The first-order chi connectivity index (χ1) is 12.0. The number of nitrogens with one attached hydrogen (secondary N) is 1. The Hall–Kier alpha value is -2.51. The molecule has 0 spiro atoms. The van der Waals surface area contributed by atoms with Crippen molar-refractivity contribution in [1.82, 2.24) is 10.3 Å². The molecule has 0 radical (unpaired) electrons. The van der Waals surface area contributed by atoms with Gasteiger partial charge in [-0.1, -0.05) is 0 Å². The Morgan fingerprint density at radius 1 is 1.12 bits per heavy atom. The number of rotatable bonds is 6. The molecule has 5 nitrogen and oxygen atoms in total. The number of nitrogens with two attached hydrogens (primary N) is 1. The molecule has 3 aromatic rings. The van der Waals surface area contributed by atoms with Crippen LogP contribution in [0.5, 0.6) is 0 Å². The summed E-state index contributed by atoms with van der Waals surface area (Å²) in [6, 6.07) is 10.4. The molecule has 0 fully saturated rings. The molecule has 0 unspecified atom stereocenters. The minimum atomic E-state index is -0.504. The van der Waals surface area contributed by atoms with E-state index in [-0.39, 0.29) is 5.91 Å². The molecule has 25 heavy (non-hydrogen) atoms. The van der Waals surface area contributed by atoms with Crippen molar-refractivity contribution in [3.8, 4) is 10.6 Å². The summed E-state index contributed by atoms with van der Waals surface area (Å²) in [4.78, 5) is 30.0. The molecule has 2 aromatic heterocycles. The zero-order valence-electron chi connectivity index (χ0n) is 13.6. The van der Waals surface area contributed by atoms with Gasteiger partial charge in [-0.25, -0.2) is 4.98 Å². The molecule has 0 saturated heterocycles. The lowest BCUT2D eigenvalue weighted by Gasteiger charge is -2.05. The van der Waals surface area contributed by atoms with E-state index in [9.17, 15) is 9.59 Å². The normalized spacial score (nSPS) is 10.6. The fraction of sp³-hybridized carbons (Fsp3) is 0.167. The van der Waals surface area contributed by atoms with Crippen LogP contribution in [0.25, 0.3) is 10.6 Å². The molecule has 1 aromatic carbocycles. The number of benzene rings is 1. The van der Waals surface area contributed by atoms with Crippen LogP contribution in [-0.2, 0) is 6.42 Å². The number of aryl methyl sites for hydroxylation is 1. The van der Waals surface area contributed by atoms with Gasteiger partial charge in [0, 0.05) is 27.9 Å². The number of hydrogen-bond donors (Lipinski definition) is 2. The van der Waals surface area contributed by atoms with E-state index in [1.165, 1.54) is 4.88 Å². The molecule has 0 atom stereocenters. The zero-order chi connectivity index (χ0) is 17.8. The van der Waals surface area contributed by atoms with Gasteiger partial charge < -0.3 is 11.1 Å². The van der Waals surface area contributed by atoms with Crippen LogP contribution in [0.4, 0.5) is 0 Å². The van der Waals surface area contributed by atoms with Gasteiger partial charge in [0.05, 0.1) is 15.6 Å². The smallest absolute Gasteiger partial charge is 0.251 e. The first kappa shape index (κ1) is 17.3. The standard InChI is InChI=1S/C18H17N3O2S2/c1-11-21-15(10-24-11)16-7-6-14(25-16)8-9-20-18(23)13-4-2-12(3-5-13)17(19)22/h2-7,10H,8-9H2,1H3,(H2,19,22)(H,20,23). The van der Waals surface area contributed by atoms with Gasteiger partial charge in [-0.2, -0.15) is 0 Å². The average Bonchev–Trinajstić information content (AvgIpc) is 3.23. The lowest BCUT2D eigenvalue weighted by atomic mass is 10.1. The highest BCUT2D eigenvalue weighted by Gasteiger charge is 2.09. The second-order valence-electron chi connectivity index (χ2n) is 5.47. The van der Waals surface area contributed by atoms with Crippen LogP contribution in [-0.4, -0.2) is 23.3 Å². The Balaban J connectivity index is 1.53. The number of nitrogens with zero attached hydrogens (tertiary/aromatic N) is 1. The van der Waals surface area contributed by atoms with Gasteiger partial charge in [0.1, 0.15) is 0 Å². The highest BCUT2D eigenvalue weighted by molar-refractivity contribution is 7.16. The second-order valence-corrected chi connectivity index (χ2v) is 7.70. The molecule has 2 amide bonds. The van der Waals surface area contributed by atoms with Crippen LogP contribution in [0, 0.1) is 6.92 Å². The number of aromatic nitrogens is 1. The number of amides is 2. The van der Waals surface area contributed by atoms with E-state index in [0.29, 0.717) is 17.7 Å². The maximum atomic E-state index is 12.1. The molecule has 3 rings (SSSR count). The number of primary amides is 1. The topological polar surface area (TPSA) is 85.1 Å². The summed E-state index contributed by atoms with van der Waals surface area (Å²) >= 11 is 3.33. The largest absolute Gasteiger partial charge is 0.366 e. The Labute approximate surface area is 153 Å². The monoisotopic (exact) mass is 371 g/mol. The minimum absolute atomic E-state index is 0.164. The molecule has 128 valence electrons. The third kappa shape index (κ3) is 4.32. The van der Waals surface area contributed by atoms with E-state index in [2.05, 4.69) is 27.8 Å². The SMILES string of the molecule is Cc1nc(-c2ccc(CCNC(=O)c3ccc(C(N)=O)cc3)s2)cs1. The van der Waals surface area contributed by atoms with Crippen molar-refractivity contribution in [3.05, 3.63) is 62.8 Å². The summed E-state index contributed by atoms with van der Waals surface area (Å²) in [7, 11) is 0. The average molecular weight is 371 g/mol. The maximum Gasteiger partial charge on any atom is 0.251 e. The first-order valence-corrected chi connectivity index (χ1v) is 9.42. The molecule has 2 heterocycles. The highest BCUT2D eigenvalue weighted by atomic mass is 32.1. The Kier molecular flexibility index (Phi) is 5.25. The van der Waals surface area contributed by atoms with Crippen molar-refractivity contribution < 1.29 is 9.59 Å². The number of hydrogen-bond acceptors (Lipinski definition) is 5. The Morgan fingerprint density at radius 3 is 2.48 bits per heavy atom. The fourth-order valence-electron chi connectivity index (χ4n) is 2.31. The molecule has 7 heteroatoms.